The summed E-state index contributed by atoms with van der Waals surface area (Å²) in [6.07, 6.45) is 2.52. The fourth-order valence-electron chi connectivity index (χ4n) is 2.72. The third kappa shape index (κ3) is 10.9. The van der Waals surface area contributed by atoms with Gasteiger partial charge in [-0.15, -0.1) is 0 Å². The molecule has 2 rings (SSSR count). The highest BCUT2D eigenvalue weighted by Crippen LogP contribution is 2.16. The van der Waals surface area contributed by atoms with Gasteiger partial charge in [0.25, 0.3) is 0 Å². The Hall–Kier alpha value is -3.00. The topological polar surface area (TPSA) is 97.1 Å². The van der Waals surface area contributed by atoms with Crippen LogP contribution in [-0.2, 0) is 16.1 Å². The number of anilines is 1. The molecule has 32 heavy (non-hydrogen) atoms. The molecule has 3 N–H and O–H groups in total. The van der Waals surface area contributed by atoms with Gasteiger partial charge in [0.05, 0.1) is 12.4 Å². The number of ether oxygens (including phenoxy) is 2. The highest BCUT2D eigenvalue weighted by atomic mass is 16.5. The normalized spacial score (nSPS) is 12.0. The predicted molar refractivity (Wildman–Crippen MR) is 127 cm³/mol. The van der Waals surface area contributed by atoms with Gasteiger partial charge in [0.1, 0.15) is 24.7 Å². The van der Waals surface area contributed by atoms with Crippen molar-refractivity contribution >= 4 is 17.6 Å². The van der Waals surface area contributed by atoms with Crippen LogP contribution in [0, 0.1) is 0 Å². The van der Waals surface area contributed by atoms with Crippen molar-refractivity contribution in [3.8, 4) is 5.75 Å². The van der Waals surface area contributed by atoms with Crippen molar-refractivity contribution in [3.63, 3.8) is 0 Å². The molecule has 0 saturated heterocycles. The van der Waals surface area contributed by atoms with Crippen molar-refractivity contribution in [2.45, 2.75) is 59.3 Å². The van der Waals surface area contributed by atoms with Gasteiger partial charge in [-0.3, -0.25) is 4.79 Å². The second-order valence-corrected chi connectivity index (χ2v) is 8.69. The van der Waals surface area contributed by atoms with Crippen LogP contribution < -0.4 is 20.7 Å². The van der Waals surface area contributed by atoms with Crippen LogP contribution in [-0.4, -0.2) is 43.2 Å². The first-order chi connectivity index (χ1) is 15.2. The molecule has 1 aromatic heterocycles. The van der Waals surface area contributed by atoms with Gasteiger partial charge in [-0.25, -0.2) is 4.99 Å². The number of amides is 1. The molecular formula is C24H36N4O4. The molecule has 1 amide bonds. The van der Waals surface area contributed by atoms with E-state index in [2.05, 4.69) is 20.9 Å². The van der Waals surface area contributed by atoms with E-state index in [0.29, 0.717) is 25.7 Å². The fraction of sp³-hybridized carbons (Fsp3) is 0.500. The van der Waals surface area contributed by atoms with E-state index < -0.39 is 0 Å². The quantitative estimate of drug-likeness (QED) is 0.276. The molecule has 0 atom stereocenters. The molecular weight excluding hydrogens is 408 g/mol. The summed E-state index contributed by atoms with van der Waals surface area (Å²) in [6, 6.07) is 11.3. The van der Waals surface area contributed by atoms with E-state index in [0.717, 1.165) is 23.6 Å². The Morgan fingerprint density at radius 1 is 1.16 bits per heavy atom. The van der Waals surface area contributed by atoms with Crippen LogP contribution in [0.1, 0.15) is 46.8 Å². The zero-order chi connectivity index (χ0) is 23.4. The molecule has 1 heterocycles. The van der Waals surface area contributed by atoms with Crippen LogP contribution in [0.4, 0.5) is 5.69 Å². The number of hydrogen-bond acceptors (Lipinski definition) is 5. The lowest BCUT2D eigenvalue weighted by Gasteiger charge is -2.20. The lowest BCUT2D eigenvalue weighted by atomic mass is 10.1. The van der Waals surface area contributed by atoms with Crippen molar-refractivity contribution in [3.05, 3.63) is 48.4 Å². The highest BCUT2D eigenvalue weighted by molar-refractivity contribution is 5.95. The number of guanidine groups is 1. The Balaban J connectivity index is 1.88. The van der Waals surface area contributed by atoms with Crippen LogP contribution in [0.25, 0.3) is 0 Å². The second-order valence-electron chi connectivity index (χ2n) is 8.69. The molecule has 0 aliphatic rings. The average molecular weight is 445 g/mol. The van der Waals surface area contributed by atoms with E-state index in [9.17, 15) is 4.79 Å². The van der Waals surface area contributed by atoms with E-state index in [4.69, 9.17) is 13.9 Å². The number of hydrogen-bond donors (Lipinski definition) is 3. The first kappa shape index (κ1) is 25.3. The maximum Gasteiger partial charge on any atom is 0.242 e. The number of nitrogens with zero attached hydrogens (tertiary/aromatic N) is 1. The van der Waals surface area contributed by atoms with Crippen molar-refractivity contribution in [1.82, 2.24) is 10.6 Å². The number of benzene rings is 1. The largest absolute Gasteiger partial charge is 0.491 e. The summed E-state index contributed by atoms with van der Waals surface area (Å²) < 4.78 is 16.5. The summed E-state index contributed by atoms with van der Waals surface area (Å²) >= 11 is 0. The molecule has 0 bridgehead atoms. The fourth-order valence-corrected chi connectivity index (χ4v) is 2.72. The van der Waals surface area contributed by atoms with Crippen LogP contribution in [0.3, 0.4) is 0 Å². The van der Waals surface area contributed by atoms with Gasteiger partial charge in [-0.2, -0.15) is 0 Å². The van der Waals surface area contributed by atoms with Crippen LogP contribution >= 0.6 is 0 Å². The Kier molecular flexibility index (Phi) is 10.1. The molecule has 0 saturated carbocycles. The molecule has 0 radical (unpaired) electrons. The number of furan rings is 1. The SMILES string of the molecule is CC(C)Oc1ccc(NC(=NCC(=O)NC(C)(C)C)NCCCOCc2ccco2)cc1. The maximum atomic E-state index is 12.2. The molecule has 0 aliphatic carbocycles. The number of carbonyl (C=O) groups is 1. The standard InChI is InChI=1S/C24H36N4O4/c1-18(2)32-20-11-9-19(10-12-20)27-23(26-16-22(29)28-24(3,4)5)25-13-7-14-30-17-21-8-6-15-31-21/h6,8-12,15,18H,7,13-14,16-17H2,1-5H3,(H,28,29)(H2,25,26,27). The number of rotatable bonds is 11. The van der Waals surface area contributed by atoms with E-state index in [1.54, 1.807) is 6.26 Å². The molecule has 0 unspecified atom stereocenters. The number of nitrogens with one attached hydrogen (secondary N) is 3. The van der Waals surface area contributed by atoms with Gasteiger partial charge in [0.15, 0.2) is 5.96 Å². The van der Waals surface area contributed by atoms with Gasteiger partial charge < -0.3 is 29.8 Å². The number of carbonyl (C=O) groups excluding carboxylic acids is 1. The molecule has 8 heteroatoms. The Labute approximate surface area is 190 Å². The molecule has 2 aromatic rings. The summed E-state index contributed by atoms with van der Waals surface area (Å²) in [4.78, 5) is 16.6. The Morgan fingerprint density at radius 2 is 1.91 bits per heavy atom. The molecule has 0 fully saturated rings. The molecule has 0 aliphatic heterocycles. The van der Waals surface area contributed by atoms with Gasteiger partial charge in [0, 0.05) is 24.4 Å². The summed E-state index contributed by atoms with van der Waals surface area (Å²) in [5.74, 6) is 1.99. The van der Waals surface area contributed by atoms with E-state index >= 15 is 0 Å². The van der Waals surface area contributed by atoms with E-state index in [-0.39, 0.29) is 24.1 Å². The van der Waals surface area contributed by atoms with Crippen LogP contribution in [0.5, 0.6) is 5.75 Å². The third-order valence-electron chi connectivity index (χ3n) is 3.97. The minimum absolute atomic E-state index is 0.0239. The van der Waals surface area contributed by atoms with Crippen molar-refractivity contribution < 1.29 is 18.7 Å². The summed E-state index contributed by atoms with van der Waals surface area (Å²) in [7, 11) is 0. The van der Waals surface area contributed by atoms with Crippen LogP contribution in [0.15, 0.2) is 52.1 Å². The minimum Gasteiger partial charge on any atom is -0.491 e. The van der Waals surface area contributed by atoms with Crippen molar-refractivity contribution in [2.24, 2.45) is 4.99 Å². The summed E-state index contributed by atoms with van der Waals surface area (Å²) in [5, 5.41) is 9.40. The lowest BCUT2D eigenvalue weighted by molar-refractivity contribution is -0.121. The van der Waals surface area contributed by atoms with Crippen LogP contribution in [0.2, 0.25) is 0 Å². The Bertz CT molecular complexity index is 825. The van der Waals surface area contributed by atoms with Gasteiger partial charge >= 0.3 is 0 Å². The molecule has 0 spiro atoms. The molecule has 8 nitrogen and oxygen atoms in total. The monoisotopic (exact) mass is 444 g/mol. The number of aliphatic imine (C=N–C) groups is 1. The van der Waals surface area contributed by atoms with Gasteiger partial charge in [-0.05, 0) is 77.4 Å². The average Bonchev–Trinajstić information content (AvgIpc) is 3.21. The van der Waals surface area contributed by atoms with Gasteiger partial charge in [0.2, 0.25) is 5.91 Å². The summed E-state index contributed by atoms with van der Waals surface area (Å²) in [6.45, 7) is 11.5. The third-order valence-corrected chi connectivity index (χ3v) is 3.97. The second kappa shape index (κ2) is 12.8. The molecule has 1 aromatic carbocycles. The predicted octanol–water partition coefficient (Wildman–Crippen LogP) is 3.95. The minimum atomic E-state index is -0.300. The zero-order valence-corrected chi connectivity index (χ0v) is 19.7. The first-order valence-electron chi connectivity index (χ1n) is 10.9. The van der Waals surface area contributed by atoms with E-state index in [1.807, 2.05) is 71.0 Å². The highest BCUT2D eigenvalue weighted by Gasteiger charge is 2.13. The molecule has 176 valence electrons. The zero-order valence-electron chi connectivity index (χ0n) is 19.7. The Morgan fingerprint density at radius 3 is 2.53 bits per heavy atom. The maximum absolute atomic E-state index is 12.2. The lowest BCUT2D eigenvalue weighted by Crippen LogP contribution is -2.42. The smallest absolute Gasteiger partial charge is 0.242 e. The van der Waals surface area contributed by atoms with E-state index in [1.165, 1.54) is 0 Å². The first-order valence-corrected chi connectivity index (χ1v) is 10.9. The van der Waals surface area contributed by atoms with Crippen molar-refractivity contribution in [1.29, 1.82) is 0 Å². The van der Waals surface area contributed by atoms with Gasteiger partial charge in [-0.1, -0.05) is 0 Å². The van der Waals surface area contributed by atoms with Crippen molar-refractivity contribution in [2.75, 3.05) is 25.0 Å². The summed E-state index contributed by atoms with van der Waals surface area (Å²) in [5.41, 5.74) is 0.545.